The average Bonchev–Trinajstić information content (AvgIpc) is 3.21. The second kappa shape index (κ2) is 6.97. The van der Waals surface area contributed by atoms with Gasteiger partial charge < -0.3 is 4.90 Å². The lowest BCUT2D eigenvalue weighted by atomic mass is 9.76. The summed E-state index contributed by atoms with van der Waals surface area (Å²) >= 11 is 0. The number of amides is 1. The molecule has 1 aromatic rings. The van der Waals surface area contributed by atoms with E-state index in [1.165, 1.54) is 25.7 Å². The predicted molar refractivity (Wildman–Crippen MR) is 104 cm³/mol. The van der Waals surface area contributed by atoms with Crippen molar-refractivity contribution in [1.82, 2.24) is 19.9 Å². The molecule has 0 radical (unpaired) electrons. The molecule has 146 valence electrons. The van der Waals surface area contributed by atoms with E-state index in [-0.39, 0.29) is 16.9 Å². The summed E-state index contributed by atoms with van der Waals surface area (Å²) in [4.78, 5) is 15.3. The maximum absolute atomic E-state index is 13.3. The van der Waals surface area contributed by atoms with Crippen LogP contribution in [0.15, 0.2) is 0 Å². The van der Waals surface area contributed by atoms with Gasteiger partial charge in [0, 0.05) is 18.6 Å². The second-order valence-electron chi connectivity index (χ2n) is 10.2. The lowest BCUT2D eigenvalue weighted by Gasteiger charge is -2.38. The van der Waals surface area contributed by atoms with Crippen molar-refractivity contribution in [3.8, 4) is 0 Å². The fraction of sp³-hybridized carbons (Fsp3) is 0.857. The van der Waals surface area contributed by atoms with E-state index >= 15 is 0 Å². The first-order valence-electron chi connectivity index (χ1n) is 10.3. The van der Waals surface area contributed by atoms with Gasteiger partial charge in [-0.2, -0.15) is 0 Å². The van der Waals surface area contributed by atoms with Gasteiger partial charge in [0.25, 0.3) is 5.91 Å². The second-order valence-corrected chi connectivity index (χ2v) is 10.2. The van der Waals surface area contributed by atoms with Crippen LogP contribution in [0.3, 0.4) is 0 Å². The molecule has 5 nitrogen and oxygen atoms in total. The zero-order chi connectivity index (χ0) is 19.1. The predicted octanol–water partition coefficient (Wildman–Crippen LogP) is 4.45. The van der Waals surface area contributed by atoms with E-state index in [9.17, 15) is 4.79 Å². The molecule has 1 saturated heterocycles. The van der Waals surface area contributed by atoms with Gasteiger partial charge in [-0.05, 0) is 63.7 Å². The van der Waals surface area contributed by atoms with Crippen LogP contribution >= 0.6 is 0 Å². The van der Waals surface area contributed by atoms with Crippen LogP contribution in [0, 0.1) is 24.2 Å². The maximum Gasteiger partial charge on any atom is 0.276 e. The molecule has 2 aliphatic rings. The van der Waals surface area contributed by atoms with Gasteiger partial charge in [0.15, 0.2) is 5.69 Å². The zero-order valence-electron chi connectivity index (χ0n) is 17.5. The lowest BCUT2D eigenvalue weighted by molar-refractivity contribution is 0.0563. The molecule has 3 rings (SSSR count). The first-order chi connectivity index (χ1) is 12.1. The minimum atomic E-state index is -0.133. The van der Waals surface area contributed by atoms with Crippen molar-refractivity contribution in [3.05, 3.63) is 11.4 Å². The molecule has 1 unspecified atom stereocenters. The van der Waals surface area contributed by atoms with Crippen LogP contribution < -0.4 is 0 Å². The van der Waals surface area contributed by atoms with Crippen LogP contribution in [0.25, 0.3) is 0 Å². The minimum absolute atomic E-state index is 0.0570. The summed E-state index contributed by atoms with van der Waals surface area (Å²) in [6.45, 7) is 15.0. The van der Waals surface area contributed by atoms with Gasteiger partial charge in [0.2, 0.25) is 0 Å². The zero-order valence-corrected chi connectivity index (χ0v) is 17.5. The molecule has 2 heterocycles. The minimum Gasteiger partial charge on any atom is -0.332 e. The highest BCUT2D eigenvalue weighted by atomic mass is 16.2. The number of rotatable bonds is 4. The van der Waals surface area contributed by atoms with Crippen LogP contribution in [-0.4, -0.2) is 37.9 Å². The van der Waals surface area contributed by atoms with Crippen molar-refractivity contribution in [2.45, 2.75) is 92.2 Å². The number of likely N-dealkylation sites (tertiary alicyclic amines) is 1. The average molecular weight is 361 g/mol. The molecule has 1 aromatic heterocycles. The number of nitrogens with zero attached hydrogens (tertiary/aromatic N) is 4. The number of carbonyl (C=O) groups excluding carboxylic acids is 1. The highest BCUT2D eigenvalue weighted by Gasteiger charge is 2.45. The summed E-state index contributed by atoms with van der Waals surface area (Å²) in [7, 11) is 0. The fourth-order valence-corrected chi connectivity index (χ4v) is 4.90. The molecular weight excluding hydrogens is 324 g/mol. The number of hydrogen-bond acceptors (Lipinski definition) is 3. The summed E-state index contributed by atoms with van der Waals surface area (Å²) in [5.74, 6) is 1.28. The SMILES string of the molecule is Cc1c(C(=O)N2CCC(CC(C)(C)C)C2(C)C)nnn1CC1CCCC1. The molecule has 2 fully saturated rings. The molecule has 26 heavy (non-hydrogen) atoms. The Labute approximate surface area is 158 Å². The number of aromatic nitrogens is 3. The van der Waals surface area contributed by atoms with Gasteiger partial charge in [0.05, 0.1) is 5.69 Å². The van der Waals surface area contributed by atoms with E-state index in [4.69, 9.17) is 0 Å². The topological polar surface area (TPSA) is 51.0 Å². The summed E-state index contributed by atoms with van der Waals surface area (Å²) in [6, 6.07) is 0. The first kappa shape index (κ1) is 19.4. The molecule has 0 spiro atoms. The standard InChI is InChI=1S/C21H36N4O/c1-15-18(22-23-25(15)14-16-9-7-8-10-16)19(26)24-12-11-17(21(24,5)6)13-20(2,3)4/h16-17H,7-14H2,1-6H3. The largest absolute Gasteiger partial charge is 0.332 e. The van der Waals surface area contributed by atoms with Gasteiger partial charge in [-0.3, -0.25) is 4.79 Å². The Morgan fingerprint density at radius 3 is 2.46 bits per heavy atom. The summed E-state index contributed by atoms with van der Waals surface area (Å²) in [5.41, 5.74) is 1.62. The fourth-order valence-electron chi connectivity index (χ4n) is 4.90. The Balaban J connectivity index is 1.74. The lowest BCUT2D eigenvalue weighted by Crippen LogP contribution is -2.47. The molecule has 1 aliphatic carbocycles. The Kier molecular flexibility index (Phi) is 5.19. The molecule has 1 aliphatic heterocycles. The summed E-state index contributed by atoms with van der Waals surface area (Å²) < 4.78 is 1.96. The highest BCUT2D eigenvalue weighted by molar-refractivity contribution is 5.94. The van der Waals surface area contributed by atoms with Gasteiger partial charge in [-0.1, -0.05) is 38.8 Å². The molecule has 0 bridgehead atoms. The molecule has 1 amide bonds. The third-order valence-electron chi connectivity index (χ3n) is 6.59. The smallest absolute Gasteiger partial charge is 0.276 e. The summed E-state index contributed by atoms with van der Waals surface area (Å²) in [6.07, 6.45) is 7.40. The molecule has 5 heteroatoms. The third-order valence-corrected chi connectivity index (χ3v) is 6.59. The van der Waals surface area contributed by atoms with Crippen molar-refractivity contribution in [2.75, 3.05) is 6.54 Å². The van der Waals surface area contributed by atoms with E-state index in [1.807, 2.05) is 16.5 Å². The van der Waals surface area contributed by atoms with Crippen molar-refractivity contribution >= 4 is 5.91 Å². The maximum atomic E-state index is 13.3. The van der Waals surface area contributed by atoms with E-state index in [2.05, 4.69) is 44.9 Å². The highest BCUT2D eigenvalue weighted by Crippen LogP contribution is 2.42. The molecule has 0 aromatic carbocycles. The Morgan fingerprint density at radius 1 is 1.19 bits per heavy atom. The van der Waals surface area contributed by atoms with Crippen molar-refractivity contribution < 1.29 is 4.79 Å². The first-order valence-corrected chi connectivity index (χ1v) is 10.3. The number of hydrogen-bond donors (Lipinski definition) is 0. The van der Waals surface area contributed by atoms with Crippen molar-refractivity contribution in [3.63, 3.8) is 0 Å². The van der Waals surface area contributed by atoms with Crippen LogP contribution in [0.1, 0.15) is 89.3 Å². The van der Waals surface area contributed by atoms with E-state index in [0.717, 1.165) is 31.6 Å². The normalized spacial score (nSPS) is 23.8. The van der Waals surface area contributed by atoms with Gasteiger partial charge >= 0.3 is 0 Å². The van der Waals surface area contributed by atoms with Crippen LogP contribution in [0.5, 0.6) is 0 Å². The Morgan fingerprint density at radius 2 is 1.85 bits per heavy atom. The van der Waals surface area contributed by atoms with Crippen molar-refractivity contribution in [2.24, 2.45) is 17.3 Å². The molecular formula is C21H36N4O. The molecule has 0 N–H and O–H groups in total. The van der Waals surface area contributed by atoms with E-state index in [0.29, 0.717) is 17.5 Å². The van der Waals surface area contributed by atoms with Gasteiger partial charge in [-0.25, -0.2) is 4.68 Å². The van der Waals surface area contributed by atoms with Crippen LogP contribution in [-0.2, 0) is 6.54 Å². The van der Waals surface area contributed by atoms with E-state index in [1.54, 1.807) is 0 Å². The van der Waals surface area contributed by atoms with Gasteiger partial charge in [-0.15, -0.1) is 5.10 Å². The van der Waals surface area contributed by atoms with Crippen LogP contribution in [0.2, 0.25) is 0 Å². The van der Waals surface area contributed by atoms with E-state index < -0.39 is 0 Å². The van der Waals surface area contributed by atoms with Gasteiger partial charge in [0.1, 0.15) is 0 Å². The molecule has 1 saturated carbocycles. The quantitative estimate of drug-likeness (QED) is 0.797. The monoisotopic (exact) mass is 360 g/mol. The van der Waals surface area contributed by atoms with Crippen LogP contribution in [0.4, 0.5) is 0 Å². The third kappa shape index (κ3) is 3.81. The summed E-state index contributed by atoms with van der Waals surface area (Å²) in [5, 5.41) is 8.61. The Bertz CT molecular complexity index is 649. The molecule has 1 atom stereocenters. The number of carbonyl (C=O) groups is 1. The van der Waals surface area contributed by atoms with Crippen molar-refractivity contribution in [1.29, 1.82) is 0 Å². The Hall–Kier alpha value is -1.39.